The molecule has 1 aliphatic rings. The molecule has 1 heterocycles. The van der Waals surface area contributed by atoms with Gasteiger partial charge in [-0.3, -0.25) is 0 Å². The van der Waals surface area contributed by atoms with E-state index in [2.05, 4.69) is 75.1 Å². The summed E-state index contributed by atoms with van der Waals surface area (Å²) in [5.74, 6) is 0. The molecule has 104 valence electrons. The van der Waals surface area contributed by atoms with Gasteiger partial charge in [-0.05, 0) is 36.8 Å². The number of halogens is 2. The summed E-state index contributed by atoms with van der Waals surface area (Å²) < 4.78 is 3.49. The number of aromatic nitrogens is 1. The monoisotopic (exact) mass is 357 g/mol. The summed E-state index contributed by atoms with van der Waals surface area (Å²) in [5, 5.41) is 3.29. The number of fused-ring (bicyclic) bond motifs is 3. The molecular weight excluding hydrogens is 346 g/mol. The van der Waals surface area contributed by atoms with Crippen molar-refractivity contribution in [2.45, 2.75) is 12.5 Å². The molecule has 0 bridgehead atoms. The van der Waals surface area contributed by atoms with Crippen molar-refractivity contribution in [1.82, 2.24) is 4.57 Å². The molecule has 1 aromatic heterocycles. The van der Waals surface area contributed by atoms with Crippen LogP contribution in [0.2, 0.25) is 5.02 Å². The number of hydrogen-bond donors (Lipinski definition) is 0. The zero-order valence-electron chi connectivity index (χ0n) is 11.3. The number of nitrogens with zero attached hydrogens (tertiary/aromatic N) is 1. The SMILES string of the molecule is Clc1ccc2c3cc(Br)ccc3n(C3C=CC=CC3)c2c1. The predicted molar refractivity (Wildman–Crippen MR) is 94.1 cm³/mol. The molecule has 0 saturated carbocycles. The van der Waals surface area contributed by atoms with Crippen LogP contribution in [0.5, 0.6) is 0 Å². The van der Waals surface area contributed by atoms with Crippen molar-refractivity contribution >= 4 is 49.3 Å². The Hall–Kier alpha value is -1.51. The van der Waals surface area contributed by atoms with E-state index in [0.29, 0.717) is 6.04 Å². The van der Waals surface area contributed by atoms with E-state index < -0.39 is 0 Å². The van der Waals surface area contributed by atoms with Crippen LogP contribution in [-0.4, -0.2) is 4.57 Å². The van der Waals surface area contributed by atoms with Crippen LogP contribution in [-0.2, 0) is 0 Å². The maximum atomic E-state index is 6.23. The summed E-state index contributed by atoms with van der Waals surface area (Å²) in [6.07, 6.45) is 9.70. The molecule has 3 aromatic rings. The summed E-state index contributed by atoms with van der Waals surface area (Å²) in [5.41, 5.74) is 2.45. The molecule has 4 rings (SSSR count). The molecule has 21 heavy (non-hydrogen) atoms. The lowest BCUT2D eigenvalue weighted by molar-refractivity contribution is 0.648. The average Bonchev–Trinajstić information content (AvgIpc) is 2.81. The first-order valence-corrected chi connectivity index (χ1v) is 8.13. The summed E-state index contributed by atoms with van der Waals surface area (Å²) in [6.45, 7) is 0. The van der Waals surface area contributed by atoms with Gasteiger partial charge in [0.2, 0.25) is 0 Å². The molecule has 1 nitrogen and oxygen atoms in total. The molecule has 3 heteroatoms. The fourth-order valence-corrected chi connectivity index (χ4v) is 3.64. The van der Waals surface area contributed by atoms with E-state index in [1.54, 1.807) is 0 Å². The van der Waals surface area contributed by atoms with Gasteiger partial charge in [0.05, 0.1) is 11.6 Å². The molecule has 0 aliphatic heterocycles. The third-order valence-corrected chi connectivity index (χ3v) is 4.75. The van der Waals surface area contributed by atoms with Gasteiger partial charge in [-0.1, -0.05) is 57.9 Å². The molecular formula is C18H13BrClN. The Morgan fingerprint density at radius 1 is 1.00 bits per heavy atom. The third-order valence-electron chi connectivity index (χ3n) is 4.02. The van der Waals surface area contributed by atoms with E-state index in [1.807, 2.05) is 6.07 Å². The second-order valence-corrected chi connectivity index (χ2v) is 6.66. The van der Waals surface area contributed by atoms with E-state index in [1.165, 1.54) is 21.8 Å². The van der Waals surface area contributed by atoms with Crippen molar-refractivity contribution in [2.75, 3.05) is 0 Å². The second-order valence-electron chi connectivity index (χ2n) is 5.31. The van der Waals surface area contributed by atoms with Gasteiger partial charge < -0.3 is 4.57 Å². The summed E-state index contributed by atoms with van der Waals surface area (Å²) in [7, 11) is 0. The maximum absolute atomic E-state index is 6.23. The summed E-state index contributed by atoms with van der Waals surface area (Å²) >= 11 is 9.81. The van der Waals surface area contributed by atoms with Crippen LogP contribution < -0.4 is 0 Å². The van der Waals surface area contributed by atoms with Crippen LogP contribution in [0.1, 0.15) is 12.5 Å². The first-order chi connectivity index (χ1) is 10.2. The van der Waals surface area contributed by atoms with Crippen LogP contribution in [0.4, 0.5) is 0 Å². The minimum absolute atomic E-state index is 0.342. The minimum atomic E-state index is 0.342. The molecule has 2 aromatic carbocycles. The van der Waals surface area contributed by atoms with Gasteiger partial charge in [0.1, 0.15) is 0 Å². The van der Waals surface area contributed by atoms with Crippen LogP contribution >= 0.6 is 27.5 Å². The fourth-order valence-electron chi connectivity index (χ4n) is 3.11. The molecule has 0 fully saturated rings. The molecule has 0 spiro atoms. The second kappa shape index (κ2) is 5.04. The zero-order chi connectivity index (χ0) is 14.4. The highest BCUT2D eigenvalue weighted by molar-refractivity contribution is 9.10. The first-order valence-electron chi connectivity index (χ1n) is 6.96. The molecule has 1 aliphatic carbocycles. The number of hydrogen-bond acceptors (Lipinski definition) is 0. The van der Waals surface area contributed by atoms with Crippen LogP contribution in [0.3, 0.4) is 0 Å². The Kier molecular flexibility index (Phi) is 3.16. The number of rotatable bonds is 1. The Bertz CT molecular complexity index is 904. The van der Waals surface area contributed by atoms with Gasteiger partial charge in [-0.15, -0.1) is 0 Å². The molecule has 1 unspecified atom stereocenters. The highest BCUT2D eigenvalue weighted by Gasteiger charge is 2.17. The first kappa shape index (κ1) is 13.2. The lowest BCUT2D eigenvalue weighted by Gasteiger charge is -2.18. The van der Waals surface area contributed by atoms with Crippen molar-refractivity contribution in [3.05, 3.63) is 70.2 Å². The van der Waals surface area contributed by atoms with Gasteiger partial charge in [-0.25, -0.2) is 0 Å². The minimum Gasteiger partial charge on any atom is -0.333 e. The molecule has 0 N–H and O–H groups in total. The fraction of sp³-hybridized carbons (Fsp3) is 0.111. The standard InChI is InChI=1S/C18H13BrClN/c19-12-6-9-17-16(10-12)15-8-7-13(20)11-18(15)21(17)14-4-2-1-3-5-14/h1-4,6-11,14H,5H2. The van der Waals surface area contributed by atoms with Crippen molar-refractivity contribution in [3.63, 3.8) is 0 Å². The lowest BCUT2D eigenvalue weighted by Crippen LogP contribution is -2.06. The van der Waals surface area contributed by atoms with E-state index in [0.717, 1.165) is 15.9 Å². The van der Waals surface area contributed by atoms with E-state index in [-0.39, 0.29) is 0 Å². The Morgan fingerprint density at radius 3 is 2.71 bits per heavy atom. The van der Waals surface area contributed by atoms with Crippen LogP contribution in [0.15, 0.2) is 65.2 Å². The normalized spacial score (nSPS) is 17.9. The third kappa shape index (κ3) is 2.14. The van der Waals surface area contributed by atoms with E-state index in [9.17, 15) is 0 Å². The van der Waals surface area contributed by atoms with Gasteiger partial charge in [0.25, 0.3) is 0 Å². The van der Waals surface area contributed by atoms with Gasteiger partial charge in [0, 0.05) is 25.8 Å². The van der Waals surface area contributed by atoms with E-state index >= 15 is 0 Å². The van der Waals surface area contributed by atoms with Crippen molar-refractivity contribution in [3.8, 4) is 0 Å². The summed E-state index contributed by atoms with van der Waals surface area (Å²) in [4.78, 5) is 0. The van der Waals surface area contributed by atoms with E-state index in [4.69, 9.17) is 11.6 Å². The Balaban J connectivity index is 2.12. The highest BCUT2D eigenvalue weighted by atomic mass is 79.9. The topological polar surface area (TPSA) is 4.93 Å². The van der Waals surface area contributed by atoms with Crippen LogP contribution in [0, 0.1) is 0 Å². The maximum Gasteiger partial charge on any atom is 0.0560 e. The largest absolute Gasteiger partial charge is 0.333 e. The zero-order valence-corrected chi connectivity index (χ0v) is 13.6. The van der Waals surface area contributed by atoms with Crippen molar-refractivity contribution in [2.24, 2.45) is 0 Å². The Labute approximate surface area is 136 Å². The molecule has 1 atom stereocenters. The highest BCUT2D eigenvalue weighted by Crippen LogP contribution is 2.36. The average molecular weight is 359 g/mol. The van der Waals surface area contributed by atoms with Crippen molar-refractivity contribution < 1.29 is 0 Å². The summed E-state index contributed by atoms with van der Waals surface area (Å²) in [6, 6.07) is 13.0. The quantitative estimate of drug-likeness (QED) is 0.483. The number of allylic oxidation sites excluding steroid dienone is 4. The van der Waals surface area contributed by atoms with Crippen LogP contribution in [0.25, 0.3) is 21.8 Å². The van der Waals surface area contributed by atoms with Gasteiger partial charge in [0.15, 0.2) is 0 Å². The Morgan fingerprint density at radius 2 is 1.90 bits per heavy atom. The smallest absolute Gasteiger partial charge is 0.0560 e. The molecule has 0 saturated heterocycles. The lowest BCUT2D eigenvalue weighted by atomic mass is 10.1. The predicted octanol–water partition coefficient (Wildman–Crippen LogP) is 6.27. The van der Waals surface area contributed by atoms with Crippen molar-refractivity contribution in [1.29, 1.82) is 0 Å². The molecule has 0 radical (unpaired) electrons. The van der Waals surface area contributed by atoms with Gasteiger partial charge in [-0.2, -0.15) is 0 Å². The molecule has 0 amide bonds. The van der Waals surface area contributed by atoms with Gasteiger partial charge >= 0.3 is 0 Å². The number of benzene rings is 2.